The summed E-state index contributed by atoms with van der Waals surface area (Å²) >= 11 is 3.55. The van der Waals surface area contributed by atoms with Gasteiger partial charge in [-0.2, -0.15) is 0 Å². The molecule has 1 aromatic rings. The monoisotopic (exact) mass is 436 g/mol. The summed E-state index contributed by atoms with van der Waals surface area (Å²) in [6, 6.07) is 8.75. The van der Waals surface area contributed by atoms with Crippen molar-refractivity contribution in [3.8, 4) is 0 Å². The van der Waals surface area contributed by atoms with Crippen LogP contribution in [0.4, 0.5) is 0 Å². The molecule has 0 unspecified atom stereocenters. The number of rotatable bonds is 6. The molecule has 2 aliphatic rings. The lowest BCUT2D eigenvalue weighted by Crippen LogP contribution is -2.49. The van der Waals surface area contributed by atoms with Gasteiger partial charge < -0.3 is 20.3 Å². The van der Waals surface area contributed by atoms with Gasteiger partial charge in [-0.1, -0.05) is 34.5 Å². The molecule has 2 N–H and O–H groups in total. The number of nitrogens with one attached hydrogen (secondary N) is 2. The SMILES string of the molecule is CN=C(NCCN1CCCCC1)NCC1(c2ccc(Br)cc2)CCOCC1. The lowest BCUT2D eigenvalue weighted by atomic mass is 9.74. The zero-order chi connectivity index (χ0) is 19.0. The normalized spacial score (nSPS) is 21.0. The third kappa shape index (κ3) is 5.93. The average Bonchev–Trinajstić information content (AvgIpc) is 2.72. The molecule has 0 aromatic heterocycles. The van der Waals surface area contributed by atoms with E-state index in [0.717, 1.165) is 56.1 Å². The number of benzene rings is 1. The molecule has 1 aromatic carbocycles. The van der Waals surface area contributed by atoms with Crippen molar-refractivity contribution < 1.29 is 4.74 Å². The Balaban J connectivity index is 1.54. The molecule has 150 valence electrons. The van der Waals surface area contributed by atoms with Gasteiger partial charge in [0.25, 0.3) is 0 Å². The van der Waals surface area contributed by atoms with Crippen LogP contribution in [0.15, 0.2) is 33.7 Å². The maximum absolute atomic E-state index is 5.65. The number of halogens is 1. The van der Waals surface area contributed by atoms with E-state index in [4.69, 9.17) is 4.74 Å². The molecule has 0 radical (unpaired) electrons. The van der Waals surface area contributed by atoms with Crippen LogP contribution in [-0.4, -0.2) is 63.8 Å². The van der Waals surface area contributed by atoms with E-state index in [1.165, 1.54) is 37.9 Å². The van der Waals surface area contributed by atoms with Gasteiger partial charge in [0.1, 0.15) is 0 Å². The van der Waals surface area contributed by atoms with Gasteiger partial charge in [0.15, 0.2) is 5.96 Å². The summed E-state index contributed by atoms with van der Waals surface area (Å²) < 4.78 is 6.77. The molecule has 6 heteroatoms. The second-order valence-corrected chi connectivity index (χ2v) is 8.57. The maximum Gasteiger partial charge on any atom is 0.191 e. The molecular formula is C21H33BrN4O. The molecule has 2 saturated heterocycles. The molecule has 0 aliphatic carbocycles. The highest BCUT2D eigenvalue weighted by molar-refractivity contribution is 9.10. The zero-order valence-corrected chi connectivity index (χ0v) is 18.1. The minimum absolute atomic E-state index is 0.101. The molecule has 2 fully saturated rings. The molecule has 2 aliphatic heterocycles. The largest absolute Gasteiger partial charge is 0.381 e. The van der Waals surface area contributed by atoms with Gasteiger partial charge >= 0.3 is 0 Å². The Labute approximate surface area is 172 Å². The van der Waals surface area contributed by atoms with Crippen LogP contribution in [0.1, 0.15) is 37.7 Å². The highest BCUT2D eigenvalue weighted by Gasteiger charge is 2.34. The second kappa shape index (κ2) is 10.4. The maximum atomic E-state index is 5.65. The Morgan fingerprint density at radius 1 is 1.11 bits per heavy atom. The average molecular weight is 437 g/mol. The van der Waals surface area contributed by atoms with Crippen molar-refractivity contribution in [3.05, 3.63) is 34.3 Å². The van der Waals surface area contributed by atoms with Gasteiger partial charge in [-0.25, -0.2) is 0 Å². The van der Waals surface area contributed by atoms with Crippen molar-refractivity contribution in [1.29, 1.82) is 0 Å². The van der Waals surface area contributed by atoms with E-state index in [1.54, 1.807) is 0 Å². The summed E-state index contributed by atoms with van der Waals surface area (Å²) in [6.07, 6.45) is 6.13. The highest BCUT2D eigenvalue weighted by Crippen LogP contribution is 2.34. The van der Waals surface area contributed by atoms with Crippen LogP contribution in [0.25, 0.3) is 0 Å². The van der Waals surface area contributed by atoms with Gasteiger partial charge in [-0.3, -0.25) is 4.99 Å². The molecule has 0 spiro atoms. The van der Waals surface area contributed by atoms with Crippen molar-refractivity contribution in [2.75, 3.05) is 53.0 Å². The molecule has 3 rings (SSSR count). The summed E-state index contributed by atoms with van der Waals surface area (Å²) in [5.41, 5.74) is 1.48. The number of guanidine groups is 1. The van der Waals surface area contributed by atoms with E-state index in [-0.39, 0.29) is 5.41 Å². The van der Waals surface area contributed by atoms with Crippen LogP contribution < -0.4 is 10.6 Å². The molecule has 0 bridgehead atoms. The van der Waals surface area contributed by atoms with E-state index in [1.807, 2.05) is 7.05 Å². The number of ether oxygens (including phenoxy) is 1. The Morgan fingerprint density at radius 3 is 2.48 bits per heavy atom. The highest BCUT2D eigenvalue weighted by atomic mass is 79.9. The number of piperidine rings is 1. The lowest BCUT2D eigenvalue weighted by Gasteiger charge is -2.38. The van der Waals surface area contributed by atoms with E-state index < -0.39 is 0 Å². The Bertz CT molecular complexity index is 593. The van der Waals surface area contributed by atoms with Crippen molar-refractivity contribution >= 4 is 21.9 Å². The van der Waals surface area contributed by atoms with Crippen molar-refractivity contribution in [1.82, 2.24) is 15.5 Å². The molecule has 0 saturated carbocycles. The van der Waals surface area contributed by atoms with Gasteiger partial charge in [0.05, 0.1) is 0 Å². The zero-order valence-electron chi connectivity index (χ0n) is 16.5. The molecule has 0 amide bonds. The standard InChI is InChI=1S/C21H33BrN4O/c1-23-20(24-11-14-26-12-3-2-4-13-26)25-17-21(9-15-27-16-10-21)18-5-7-19(22)8-6-18/h5-8H,2-4,9-17H2,1H3,(H2,23,24,25). The van der Waals surface area contributed by atoms with Crippen LogP contribution in [-0.2, 0) is 10.2 Å². The quantitative estimate of drug-likeness (QED) is 0.531. The third-order valence-electron chi connectivity index (χ3n) is 5.89. The topological polar surface area (TPSA) is 48.9 Å². The molecule has 5 nitrogen and oxygen atoms in total. The first kappa shape index (κ1) is 20.6. The first-order valence-electron chi connectivity index (χ1n) is 10.2. The van der Waals surface area contributed by atoms with Gasteiger partial charge in [0, 0.05) is 49.8 Å². The molecule has 27 heavy (non-hydrogen) atoms. The number of nitrogens with zero attached hydrogens (tertiary/aromatic N) is 2. The van der Waals surface area contributed by atoms with Gasteiger partial charge in [-0.05, 0) is 56.5 Å². The minimum Gasteiger partial charge on any atom is -0.381 e. The van der Waals surface area contributed by atoms with Gasteiger partial charge in [-0.15, -0.1) is 0 Å². The summed E-state index contributed by atoms with van der Waals surface area (Å²) in [5, 5.41) is 7.08. The van der Waals surface area contributed by atoms with Crippen molar-refractivity contribution in [2.45, 2.75) is 37.5 Å². The van der Waals surface area contributed by atoms with Crippen LogP contribution in [0.5, 0.6) is 0 Å². The number of likely N-dealkylation sites (tertiary alicyclic amines) is 1. The van der Waals surface area contributed by atoms with Crippen molar-refractivity contribution in [2.24, 2.45) is 4.99 Å². The predicted octanol–water partition coefficient (Wildman–Crippen LogP) is 3.15. The van der Waals surface area contributed by atoms with E-state index in [0.29, 0.717) is 0 Å². The first-order valence-corrected chi connectivity index (χ1v) is 11.0. The summed E-state index contributed by atoms with van der Waals surface area (Å²) in [4.78, 5) is 6.98. The number of hydrogen-bond acceptors (Lipinski definition) is 3. The molecule has 0 atom stereocenters. The fraction of sp³-hybridized carbons (Fsp3) is 0.667. The Kier molecular flexibility index (Phi) is 7.97. The Hall–Kier alpha value is -1.11. The summed E-state index contributed by atoms with van der Waals surface area (Å²) in [7, 11) is 1.85. The molecule has 2 heterocycles. The second-order valence-electron chi connectivity index (χ2n) is 7.65. The van der Waals surface area contributed by atoms with Crippen molar-refractivity contribution in [3.63, 3.8) is 0 Å². The third-order valence-corrected chi connectivity index (χ3v) is 6.42. The van der Waals surface area contributed by atoms with Crippen LogP contribution in [0.3, 0.4) is 0 Å². The van der Waals surface area contributed by atoms with E-state index in [9.17, 15) is 0 Å². The Morgan fingerprint density at radius 2 is 1.81 bits per heavy atom. The number of aliphatic imine (C=N–C) groups is 1. The number of hydrogen-bond donors (Lipinski definition) is 2. The van der Waals surface area contributed by atoms with Gasteiger partial charge in [0.2, 0.25) is 0 Å². The predicted molar refractivity (Wildman–Crippen MR) is 116 cm³/mol. The fourth-order valence-corrected chi connectivity index (χ4v) is 4.39. The lowest BCUT2D eigenvalue weighted by molar-refractivity contribution is 0.0514. The van der Waals surface area contributed by atoms with E-state index in [2.05, 4.69) is 60.7 Å². The molecular weight excluding hydrogens is 404 g/mol. The van der Waals surface area contributed by atoms with Crippen LogP contribution in [0, 0.1) is 0 Å². The van der Waals surface area contributed by atoms with E-state index >= 15 is 0 Å². The summed E-state index contributed by atoms with van der Waals surface area (Å²) in [5.74, 6) is 0.898. The summed E-state index contributed by atoms with van der Waals surface area (Å²) in [6.45, 7) is 7.01. The van der Waals surface area contributed by atoms with Crippen LogP contribution >= 0.6 is 15.9 Å². The first-order chi connectivity index (χ1) is 13.2. The smallest absolute Gasteiger partial charge is 0.191 e. The minimum atomic E-state index is 0.101. The fourth-order valence-electron chi connectivity index (χ4n) is 4.12. The van der Waals surface area contributed by atoms with Crippen LogP contribution in [0.2, 0.25) is 0 Å².